The van der Waals surface area contributed by atoms with Crippen LogP contribution in [0.2, 0.25) is 0 Å². The molecule has 0 spiro atoms. The summed E-state index contributed by atoms with van der Waals surface area (Å²) in [7, 11) is 0. The highest BCUT2D eigenvalue weighted by Gasteiger charge is 2.24. The SMILES string of the molecule is C[C](CC1CCCCC1)C1CCCCC1. The van der Waals surface area contributed by atoms with Crippen molar-refractivity contribution in [1.82, 2.24) is 0 Å². The molecule has 0 aromatic rings. The lowest BCUT2D eigenvalue weighted by atomic mass is 9.74. The van der Waals surface area contributed by atoms with Crippen LogP contribution in [0.25, 0.3) is 0 Å². The van der Waals surface area contributed by atoms with E-state index < -0.39 is 0 Å². The zero-order valence-corrected chi connectivity index (χ0v) is 10.4. The Kier molecular flexibility index (Phi) is 4.53. The summed E-state index contributed by atoms with van der Waals surface area (Å²) in [6.45, 7) is 2.45. The summed E-state index contributed by atoms with van der Waals surface area (Å²) < 4.78 is 0. The molecule has 2 saturated carbocycles. The Labute approximate surface area is 95.8 Å². The molecular formula is C15H27. The minimum absolute atomic E-state index is 1.00. The van der Waals surface area contributed by atoms with Crippen LogP contribution < -0.4 is 0 Å². The van der Waals surface area contributed by atoms with E-state index in [4.69, 9.17) is 0 Å². The number of hydrogen-bond acceptors (Lipinski definition) is 0. The van der Waals surface area contributed by atoms with E-state index in [0.717, 1.165) is 11.8 Å². The average molecular weight is 207 g/mol. The van der Waals surface area contributed by atoms with Gasteiger partial charge in [-0.2, -0.15) is 0 Å². The van der Waals surface area contributed by atoms with E-state index >= 15 is 0 Å². The van der Waals surface area contributed by atoms with Gasteiger partial charge in [0.25, 0.3) is 0 Å². The smallest absolute Gasteiger partial charge is 0.0238 e. The quantitative estimate of drug-likeness (QED) is 0.601. The number of rotatable bonds is 3. The van der Waals surface area contributed by atoms with Crippen LogP contribution in [0.3, 0.4) is 0 Å². The summed E-state index contributed by atoms with van der Waals surface area (Å²) in [5, 5.41) is 0. The third kappa shape index (κ3) is 3.50. The van der Waals surface area contributed by atoms with Gasteiger partial charge in [-0.3, -0.25) is 0 Å². The van der Waals surface area contributed by atoms with Gasteiger partial charge in [-0.25, -0.2) is 0 Å². The zero-order chi connectivity index (χ0) is 10.5. The van der Waals surface area contributed by atoms with Gasteiger partial charge in [0.1, 0.15) is 0 Å². The van der Waals surface area contributed by atoms with Gasteiger partial charge in [-0.05, 0) is 37.0 Å². The lowest BCUT2D eigenvalue weighted by molar-refractivity contribution is 0.297. The van der Waals surface area contributed by atoms with E-state index in [1.54, 1.807) is 0 Å². The molecule has 15 heavy (non-hydrogen) atoms. The molecule has 0 heterocycles. The predicted octanol–water partition coefficient (Wildman–Crippen LogP) is 5.13. The summed E-state index contributed by atoms with van der Waals surface area (Å²) >= 11 is 0. The predicted molar refractivity (Wildman–Crippen MR) is 66.7 cm³/mol. The molecule has 0 amide bonds. The van der Waals surface area contributed by atoms with Crippen LogP contribution in [0.1, 0.15) is 77.6 Å². The maximum Gasteiger partial charge on any atom is -0.0238 e. The van der Waals surface area contributed by atoms with Crippen molar-refractivity contribution < 1.29 is 0 Å². The Morgan fingerprint density at radius 1 is 0.800 bits per heavy atom. The summed E-state index contributed by atoms with van der Waals surface area (Å²) in [6, 6.07) is 0. The monoisotopic (exact) mass is 207 g/mol. The molecule has 0 unspecified atom stereocenters. The fraction of sp³-hybridized carbons (Fsp3) is 0.933. The molecule has 0 atom stereocenters. The highest BCUT2D eigenvalue weighted by molar-refractivity contribution is 4.95. The maximum atomic E-state index is 2.45. The van der Waals surface area contributed by atoms with Crippen LogP contribution in [0.4, 0.5) is 0 Å². The second-order valence-corrected chi connectivity index (χ2v) is 5.89. The first-order chi connectivity index (χ1) is 7.36. The Hall–Kier alpha value is 0. The Morgan fingerprint density at radius 3 is 1.93 bits per heavy atom. The highest BCUT2D eigenvalue weighted by Crippen LogP contribution is 2.37. The summed E-state index contributed by atoms with van der Waals surface area (Å²) in [5.74, 6) is 3.91. The van der Waals surface area contributed by atoms with E-state index in [2.05, 4.69) is 6.92 Å². The summed E-state index contributed by atoms with van der Waals surface area (Å²) in [6.07, 6.45) is 16.5. The standard InChI is InChI=1S/C15H27/c1-13(15-10-6-3-7-11-15)12-14-8-4-2-5-9-14/h14-15H,2-12H2,1H3. The van der Waals surface area contributed by atoms with Gasteiger partial charge < -0.3 is 0 Å². The van der Waals surface area contributed by atoms with Crippen LogP contribution in [0, 0.1) is 17.8 Å². The maximum absolute atomic E-state index is 2.45. The molecule has 1 radical (unpaired) electrons. The van der Waals surface area contributed by atoms with Gasteiger partial charge in [-0.1, -0.05) is 58.3 Å². The van der Waals surface area contributed by atoms with E-state index in [0.29, 0.717) is 0 Å². The third-order valence-electron chi connectivity index (χ3n) is 4.64. The normalized spacial score (nSPS) is 26.0. The van der Waals surface area contributed by atoms with Crippen molar-refractivity contribution in [2.75, 3.05) is 0 Å². The molecule has 0 saturated heterocycles. The first-order valence-electron chi connectivity index (χ1n) is 7.18. The van der Waals surface area contributed by atoms with Gasteiger partial charge >= 0.3 is 0 Å². The van der Waals surface area contributed by atoms with Crippen LogP contribution in [0.15, 0.2) is 0 Å². The molecule has 2 fully saturated rings. The first-order valence-corrected chi connectivity index (χ1v) is 7.18. The zero-order valence-electron chi connectivity index (χ0n) is 10.4. The summed E-state index contributed by atoms with van der Waals surface area (Å²) in [4.78, 5) is 0. The fourth-order valence-corrected chi connectivity index (χ4v) is 3.61. The fourth-order valence-electron chi connectivity index (χ4n) is 3.61. The van der Waals surface area contributed by atoms with E-state index in [9.17, 15) is 0 Å². The molecule has 0 bridgehead atoms. The molecule has 2 aliphatic rings. The molecule has 0 aromatic heterocycles. The van der Waals surface area contributed by atoms with E-state index in [1.807, 2.05) is 5.92 Å². The van der Waals surface area contributed by atoms with Gasteiger partial charge in [0.2, 0.25) is 0 Å². The van der Waals surface area contributed by atoms with Crippen molar-refractivity contribution in [3.05, 3.63) is 5.92 Å². The molecule has 0 heteroatoms. The van der Waals surface area contributed by atoms with Crippen molar-refractivity contribution in [1.29, 1.82) is 0 Å². The van der Waals surface area contributed by atoms with Crippen molar-refractivity contribution in [2.45, 2.75) is 77.6 Å². The lowest BCUT2D eigenvalue weighted by Crippen LogP contribution is -2.18. The van der Waals surface area contributed by atoms with Crippen molar-refractivity contribution in [3.63, 3.8) is 0 Å². The van der Waals surface area contributed by atoms with Crippen molar-refractivity contribution >= 4 is 0 Å². The highest BCUT2D eigenvalue weighted by atomic mass is 14.3. The van der Waals surface area contributed by atoms with Gasteiger partial charge in [0.05, 0.1) is 0 Å². The topological polar surface area (TPSA) is 0 Å². The minimum atomic E-state index is 1.00. The third-order valence-corrected chi connectivity index (χ3v) is 4.64. The summed E-state index contributed by atoms with van der Waals surface area (Å²) in [5.41, 5.74) is 0. The molecule has 0 aromatic carbocycles. The minimum Gasteiger partial charge on any atom is -0.0588 e. The van der Waals surface area contributed by atoms with Crippen molar-refractivity contribution in [2.24, 2.45) is 11.8 Å². The first kappa shape index (κ1) is 11.5. The molecule has 0 N–H and O–H groups in total. The lowest BCUT2D eigenvalue weighted by Gasteiger charge is -2.31. The Balaban J connectivity index is 1.72. The molecule has 2 rings (SSSR count). The number of hydrogen-bond donors (Lipinski definition) is 0. The van der Waals surface area contributed by atoms with Gasteiger partial charge in [-0.15, -0.1) is 0 Å². The van der Waals surface area contributed by atoms with Gasteiger partial charge in [0, 0.05) is 0 Å². The molecule has 0 nitrogen and oxygen atoms in total. The van der Waals surface area contributed by atoms with E-state index in [1.165, 1.54) is 70.6 Å². The largest absolute Gasteiger partial charge is 0.0588 e. The Bertz CT molecular complexity index is 161. The van der Waals surface area contributed by atoms with Crippen molar-refractivity contribution in [3.8, 4) is 0 Å². The molecule has 0 aliphatic heterocycles. The average Bonchev–Trinajstić information content (AvgIpc) is 2.31. The molecule has 2 aliphatic carbocycles. The van der Waals surface area contributed by atoms with E-state index in [-0.39, 0.29) is 0 Å². The van der Waals surface area contributed by atoms with Gasteiger partial charge in [0.15, 0.2) is 0 Å². The second-order valence-electron chi connectivity index (χ2n) is 5.89. The molecule has 87 valence electrons. The van der Waals surface area contributed by atoms with Crippen LogP contribution >= 0.6 is 0 Å². The van der Waals surface area contributed by atoms with Crippen LogP contribution in [0.5, 0.6) is 0 Å². The van der Waals surface area contributed by atoms with Crippen LogP contribution in [-0.4, -0.2) is 0 Å². The Morgan fingerprint density at radius 2 is 1.33 bits per heavy atom. The van der Waals surface area contributed by atoms with Crippen LogP contribution in [-0.2, 0) is 0 Å². The second kappa shape index (κ2) is 5.92. The molecular weight excluding hydrogens is 180 g/mol.